The molecule has 0 aromatic rings. The van der Waals surface area contributed by atoms with Crippen molar-refractivity contribution in [2.45, 2.75) is 33.9 Å². The molecular formula is C15H21BrFNS. The van der Waals surface area contributed by atoms with E-state index in [9.17, 15) is 4.39 Å². The molecule has 2 atom stereocenters. The van der Waals surface area contributed by atoms with Gasteiger partial charge in [0.2, 0.25) is 0 Å². The SMILES string of the molecule is C=C(S/C(Br)=C(\C)C1C=CC=C(N)C1F)C(C)(C)C. The molecule has 1 rings (SSSR count). The van der Waals surface area contributed by atoms with Gasteiger partial charge in [-0.3, -0.25) is 0 Å². The zero-order valence-electron chi connectivity index (χ0n) is 11.8. The van der Waals surface area contributed by atoms with E-state index >= 15 is 0 Å². The number of halogens is 2. The predicted octanol–water partition coefficient (Wildman–Crippen LogP) is 5.27. The highest BCUT2D eigenvalue weighted by Gasteiger charge is 2.27. The molecule has 0 aromatic heterocycles. The Morgan fingerprint density at radius 3 is 2.58 bits per heavy atom. The van der Waals surface area contributed by atoms with Gasteiger partial charge in [-0.2, -0.15) is 0 Å². The Morgan fingerprint density at radius 1 is 1.47 bits per heavy atom. The normalized spacial score (nSPS) is 24.8. The van der Waals surface area contributed by atoms with Gasteiger partial charge in [0.15, 0.2) is 0 Å². The first kappa shape index (κ1) is 16.6. The van der Waals surface area contributed by atoms with E-state index in [0.29, 0.717) is 0 Å². The summed E-state index contributed by atoms with van der Waals surface area (Å²) in [6.07, 6.45) is 4.12. The van der Waals surface area contributed by atoms with E-state index in [1.54, 1.807) is 17.8 Å². The second kappa shape index (κ2) is 6.31. The summed E-state index contributed by atoms with van der Waals surface area (Å²) in [6, 6.07) is 0. The zero-order chi connectivity index (χ0) is 14.8. The lowest BCUT2D eigenvalue weighted by atomic mass is 9.91. The molecule has 0 bridgehead atoms. The minimum Gasteiger partial charge on any atom is -0.400 e. The fraction of sp³-hybridized carbons (Fsp3) is 0.467. The van der Waals surface area contributed by atoms with Gasteiger partial charge in [-0.1, -0.05) is 51.3 Å². The standard InChI is InChI=1S/C15H21BrFNS/c1-9(11-7-6-8-12(18)13(11)17)14(16)19-10(2)15(3,4)5/h6-8,11,13H,2,18H2,1,3-5H3/b14-9+. The van der Waals surface area contributed by atoms with Crippen molar-refractivity contribution in [3.8, 4) is 0 Å². The van der Waals surface area contributed by atoms with Crippen molar-refractivity contribution in [1.82, 2.24) is 0 Å². The Morgan fingerprint density at radius 2 is 2.05 bits per heavy atom. The third-order valence-electron chi connectivity index (χ3n) is 3.10. The summed E-state index contributed by atoms with van der Waals surface area (Å²) in [5.74, 6) is -0.306. The molecular weight excluding hydrogens is 325 g/mol. The van der Waals surface area contributed by atoms with Crippen LogP contribution in [0.4, 0.5) is 4.39 Å². The molecule has 2 N–H and O–H groups in total. The minimum absolute atomic E-state index is 0.0143. The van der Waals surface area contributed by atoms with Crippen LogP contribution in [0.15, 0.2) is 44.8 Å². The minimum atomic E-state index is -1.15. The van der Waals surface area contributed by atoms with Gasteiger partial charge in [-0.15, -0.1) is 0 Å². The smallest absolute Gasteiger partial charge is 0.149 e. The molecule has 0 aliphatic heterocycles. The van der Waals surface area contributed by atoms with Crippen LogP contribution in [-0.2, 0) is 0 Å². The van der Waals surface area contributed by atoms with Gasteiger partial charge in [-0.25, -0.2) is 4.39 Å². The molecule has 1 aliphatic carbocycles. The van der Waals surface area contributed by atoms with E-state index in [2.05, 4.69) is 43.3 Å². The van der Waals surface area contributed by atoms with E-state index in [0.717, 1.165) is 14.3 Å². The lowest BCUT2D eigenvalue weighted by molar-refractivity contribution is 0.325. The van der Waals surface area contributed by atoms with Crippen molar-refractivity contribution in [1.29, 1.82) is 0 Å². The van der Waals surface area contributed by atoms with Gasteiger partial charge in [0, 0.05) is 11.6 Å². The quantitative estimate of drug-likeness (QED) is 0.753. The second-order valence-electron chi connectivity index (χ2n) is 5.71. The topological polar surface area (TPSA) is 26.0 Å². The number of thioether (sulfide) groups is 1. The molecule has 0 aromatic carbocycles. The lowest BCUT2D eigenvalue weighted by Crippen LogP contribution is -2.24. The number of nitrogens with two attached hydrogens (primary N) is 1. The van der Waals surface area contributed by atoms with E-state index in [4.69, 9.17) is 5.73 Å². The Bertz CT molecular complexity index is 457. The fourth-order valence-corrected chi connectivity index (χ4v) is 3.19. The van der Waals surface area contributed by atoms with Crippen molar-refractivity contribution in [2.75, 3.05) is 0 Å². The van der Waals surface area contributed by atoms with Crippen LogP contribution in [0.2, 0.25) is 0 Å². The molecule has 0 radical (unpaired) electrons. The second-order valence-corrected chi connectivity index (χ2v) is 8.13. The van der Waals surface area contributed by atoms with Gasteiger partial charge in [0.05, 0.1) is 3.81 Å². The van der Waals surface area contributed by atoms with Gasteiger partial charge < -0.3 is 5.73 Å². The van der Waals surface area contributed by atoms with Gasteiger partial charge in [-0.05, 0) is 44.8 Å². The van der Waals surface area contributed by atoms with Crippen molar-refractivity contribution in [3.05, 3.63) is 44.8 Å². The third-order valence-corrected chi connectivity index (χ3v) is 5.57. The van der Waals surface area contributed by atoms with Crippen LogP contribution < -0.4 is 5.73 Å². The molecule has 106 valence electrons. The molecule has 0 spiro atoms. The number of hydrogen-bond donors (Lipinski definition) is 1. The highest BCUT2D eigenvalue weighted by atomic mass is 79.9. The maximum absolute atomic E-state index is 14.1. The van der Waals surface area contributed by atoms with Crippen molar-refractivity contribution >= 4 is 27.7 Å². The Hall–Kier alpha value is -0.480. The average Bonchev–Trinajstić information content (AvgIpc) is 2.30. The molecule has 0 saturated heterocycles. The largest absolute Gasteiger partial charge is 0.400 e. The highest BCUT2D eigenvalue weighted by molar-refractivity contribution is 9.14. The van der Waals surface area contributed by atoms with Crippen LogP contribution >= 0.6 is 27.7 Å². The maximum atomic E-state index is 14.1. The number of alkyl halides is 1. The van der Waals surface area contributed by atoms with E-state index in [1.165, 1.54) is 0 Å². The molecule has 1 nitrogen and oxygen atoms in total. The van der Waals surface area contributed by atoms with Crippen molar-refractivity contribution < 1.29 is 4.39 Å². The molecule has 19 heavy (non-hydrogen) atoms. The molecule has 1 aliphatic rings. The summed E-state index contributed by atoms with van der Waals surface area (Å²) in [6.45, 7) is 12.3. The zero-order valence-corrected chi connectivity index (χ0v) is 14.2. The third kappa shape index (κ3) is 4.25. The van der Waals surface area contributed by atoms with E-state index in [1.807, 2.05) is 19.1 Å². The Kier molecular flexibility index (Phi) is 5.51. The van der Waals surface area contributed by atoms with Crippen LogP contribution in [0, 0.1) is 11.3 Å². The number of allylic oxidation sites excluding steroid dienone is 6. The average molecular weight is 346 g/mol. The van der Waals surface area contributed by atoms with Crippen LogP contribution in [0.3, 0.4) is 0 Å². The van der Waals surface area contributed by atoms with Gasteiger partial charge in [0.1, 0.15) is 6.17 Å². The van der Waals surface area contributed by atoms with Crippen LogP contribution in [0.25, 0.3) is 0 Å². The van der Waals surface area contributed by atoms with Crippen LogP contribution in [0.1, 0.15) is 27.7 Å². The van der Waals surface area contributed by atoms with E-state index < -0.39 is 6.17 Å². The van der Waals surface area contributed by atoms with Gasteiger partial charge in [0.25, 0.3) is 0 Å². The maximum Gasteiger partial charge on any atom is 0.149 e. The summed E-state index contributed by atoms with van der Waals surface area (Å²) < 4.78 is 15.0. The Labute approximate surface area is 128 Å². The molecule has 2 unspecified atom stereocenters. The van der Waals surface area contributed by atoms with Crippen molar-refractivity contribution in [2.24, 2.45) is 17.1 Å². The lowest BCUT2D eigenvalue weighted by Gasteiger charge is -2.25. The fourth-order valence-electron chi connectivity index (χ4n) is 1.52. The number of hydrogen-bond acceptors (Lipinski definition) is 2. The molecule has 0 amide bonds. The molecule has 0 saturated carbocycles. The molecule has 0 heterocycles. The summed E-state index contributed by atoms with van der Waals surface area (Å²) in [4.78, 5) is 1.04. The molecule has 0 fully saturated rings. The van der Waals surface area contributed by atoms with Crippen LogP contribution in [-0.4, -0.2) is 6.17 Å². The summed E-state index contributed by atoms with van der Waals surface area (Å²) in [5.41, 5.74) is 6.89. The highest BCUT2D eigenvalue weighted by Crippen LogP contribution is 2.43. The predicted molar refractivity (Wildman–Crippen MR) is 87.6 cm³/mol. The Balaban J connectivity index is 2.89. The first-order chi connectivity index (χ1) is 8.64. The summed E-state index contributed by atoms with van der Waals surface area (Å²) >= 11 is 5.09. The van der Waals surface area contributed by atoms with Gasteiger partial charge >= 0.3 is 0 Å². The molecule has 4 heteroatoms. The number of rotatable bonds is 3. The van der Waals surface area contributed by atoms with E-state index in [-0.39, 0.29) is 17.0 Å². The first-order valence-electron chi connectivity index (χ1n) is 6.16. The monoisotopic (exact) mass is 345 g/mol. The van der Waals surface area contributed by atoms with Crippen LogP contribution in [0.5, 0.6) is 0 Å². The summed E-state index contributed by atoms with van der Waals surface area (Å²) in [7, 11) is 0. The first-order valence-corrected chi connectivity index (χ1v) is 7.77. The van der Waals surface area contributed by atoms with Crippen molar-refractivity contribution in [3.63, 3.8) is 0 Å². The summed E-state index contributed by atoms with van der Waals surface area (Å²) in [5, 5.41) is 0.